The van der Waals surface area contributed by atoms with Crippen LogP contribution in [0.1, 0.15) is 99.5 Å². The molecule has 5 fully saturated rings. The minimum absolute atomic E-state index is 0.116. The number of nitrogens with one attached hydrogen (secondary N) is 1. The van der Waals surface area contributed by atoms with Gasteiger partial charge in [-0.2, -0.15) is 4.80 Å². The Morgan fingerprint density at radius 3 is 2.56 bits per heavy atom. The van der Waals surface area contributed by atoms with Gasteiger partial charge in [0.05, 0.1) is 31.3 Å². The number of aromatic nitrogens is 4. The molecule has 0 spiro atoms. The topological polar surface area (TPSA) is 137 Å². The van der Waals surface area contributed by atoms with E-state index in [0.717, 1.165) is 58.0 Å². The second-order valence-electron chi connectivity index (χ2n) is 17.3. The Kier molecular flexibility index (Phi) is 7.35. The molecule has 0 amide bonds. The van der Waals surface area contributed by atoms with Crippen LogP contribution in [0.4, 0.5) is 5.95 Å². The van der Waals surface area contributed by atoms with Crippen molar-refractivity contribution >= 4 is 11.9 Å². The lowest BCUT2D eigenvalue weighted by molar-refractivity contribution is -0.258. The number of fused-ring (bicyclic) bond motifs is 3. The molecule has 45 heavy (non-hydrogen) atoms. The number of carbonyl (C=O) groups is 1. The highest BCUT2D eigenvalue weighted by molar-refractivity contribution is 5.73. The van der Waals surface area contributed by atoms with E-state index in [4.69, 9.17) is 15.2 Å². The highest BCUT2D eigenvalue weighted by Crippen LogP contribution is 2.75. The zero-order valence-corrected chi connectivity index (χ0v) is 28.5. The molecule has 3 saturated carbocycles. The van der Waals surface area contributed by atoms with Crippen molar-refractivity contribution in [2.45, 2.75) is 112 Å². The molecule has 2 unspecified atom stereocenters. The molecule has 2 aliphatic heterocycles. The van der Waals surface area contributed by atoms with Gasteiger partial charge in [0.1, 0.15) is 6.04 Å². The first-order valence-corrected chi connectivity index (χ1v) is 17.6. The molecule has 10 nitrogen and oxygen atoms in total. The summed E-state index contributed by atoms with van der Waals surface area (Å²) in [6, 6.07) is -0.116. The molecule has 250 valence electrons. The highest BCUT2D eigenvalue weighted by Gasteiger charge is 2.72. The summed E-state index contributed by atoms with van der Waals surface area (Å²) in [7, 11) is 0. The van der Waals surface area contributed by atoms with Crippen molar-refractivity contribution in [2.24, 2.45) is 56.7 Å². The van der Waals surface area contributed by atoms with Gasteiger partial charge in [-0.3, -0.25) is 4.79 Å². The average molecular weight is 625 g/mol. The first kappa shape index (κ1) is 31.6. The summed E-state index contributed by atoms with van der Waals surface area (Å²) in [5, 5.41) is 27.6. The maximum atomic E-state index is 13.4. The molecule has 2 saturated heterocycles. The number of hydrogen-bond acceptors (Lipinski definition) is 8. The van der Waals surface area contributed by atoms with Gasteiger partial charge >= 0.3 is 5.97 Å². The fourth-order valence-electron chi connectivity index (χ4n) is 12.4. The van der Waals surface area contributed by atoms with Crippen molar-refractivity contribution in [1.29, 1.82) is 0 Å². The number of nitrogen functional groups attached to an aromatic ring is 1. The van der Waals surface area contributed by atoms with Gasteiger partial charge in [0.15, 0.2) is 0 Å². The number of hydrogen-bond donors (Lipinski definition) is 3. The molecule has 6 aliphatic rings. The van der Waals surface area contributed by atoms with Crippen molar-refractivity contribution in [3.63, 3.8) is 0 Å². The third kappa shape index (κ3) is 4.22. The molecule has 2 bridgehead atoms. The van der Waals surface area contributed by atoms with Crippen LogP contribution >= 0.6 is 0 Å². The molecule has 12 atom stereocenters. The Morgan fingerprint density at radius 2 is 1.91 bits per heavy atom. The Morgan fingerprint density at radius 1 is 1.13 bits per heavy atom. The van der Waals surface area contributed by atoms with Crippen LogP contribution in [0.3, 0.4) is 0 Å². The number of nitrogens with zero attached hydrogens (tertiary/aromatic N) is 4. The zero-order chi connectivity index (χ0) is 32.2. The van der Waals surface area contributed by atoms with Gasteiger partial charge in [-0.15, -0.1) is 5.10 Å². The van der Waals surface area contributed by atoms with E-state index in [9.17, 15) is 9.90 Å². The number of carboxylic acids is 1. The number of rotatable bonds is 6. The molecule has 10 heteroatoms. The summed E-state index contributed by atoms with van der Waals surface area (Å²) in [5.74, 6) is 0.622. The Hall–Kier alpha value is -2.04. The summed E-state index contributed by atoms with van der Waals surface area (Å²) in [5.41, 5.74) is 6.40. The molecule has 0 aromatic carbocycles. The Balaban J connectivity index is 1.32. The molecule has 7 rings (SSSR count). The van der Waals surface area contributed by atoms with Crippen LogP contribution in [-0.2, 0) is 14.3 Å². The number of anilines is 1. The molecule has 1 aromatic rings. The first-order valence-electron chi connectivity index (χ1n) is 17.6. The molecule has 3 heterocycles. The molecular weight excluding hydrogens is 568 g/mol. The van der Waals surface area contributed by atoms with Crippen molar-refractivity contribution in [3.05, 3.63) is 11.6 Å². The summed E-state index contributed by atoms with van der Waals surface area (Å²) >= 11 is 0. The summed E-state index contributed by atoms with van der Waals surface area (Å²) in [4.78, 5) is 15.1. The van der Waals surface area contributed by atoms with E-state index in [1.807, 2.05) is 0 Å². The molecule has 1 aromatic heterocycles. The van der Waals surface area contributed by atoms with Crippen LogP contribution in [0, 0.1) is 56.7 Å². The fourth-order valence-corrected chi connectivity index (χ4v) is 12.4. The summed E-state index contributed by atoms with van der Waals surface area (Å²) < 4.78 is 13.7. The van der Waals surface area contributed by atoms with Gasteiger partial charge < -0.3 is 25.6 Å². The van der Waals surface area contributed by atoms with E-state index >= 15 is 0 Å². The lowest BCUT2D eigenvalue weighted by atomic mass is 9.34. The normalized spacial score (nSPS) is 48.2. The van der Waals surface area contributed by atoms with E-state index in [0.29, 0.717) is 36.9 Å². The van der Waals surface area contributed by atoms with E-state index in [-0.39, 0.29) is 51.3 Å². The van der Waals surface area contributed by atoms with Crippen LogP contribution in [0.25, 0.3) is 0 Å². The van der Waals surface area contributed by atoms with E-state index in [2.05, 4.69) is 75.3 Å². The smallest absolute Gasteiger partial charge is 0.307 e. The standard InChI is InChI=1S/C35H56N6O4/c1-20(2)21(3)31(4)13-14-33(6)23-8-9-26-32(5)18-44-19-35(26,24(23)10-12-34(33,7)27(31)29(42)43)16-25(41-39-30(36)38-40-41)28(32)45-22-11-15-37-17-22/h10,20-23,25-28,37H,8-9,11-19H2,1-7H3,(H2,36,39)(H,42,43)/t21-,22?,23+,25-,26+,27-,28+,31-,32+,33-,34+,35?/m1/s1. The Bertz CT molecular complexity index is 1360. The average Bonchev–Trinajstić information content (AvgIpc) is 3.66. The van der Waals surface area contributed by atoms with Gasteiger partial charge in [0.2, 0.25) is 0 Å². The largest absolute Gasteiger partial charge is 0.481 e. The number of nitrogens with two attached hydrogens (primary N) is 1. The monoisotopic (exact) mass is 624 g/mol. The number of allylic oxidation sites excluding steroid dienone is 1. The zero-order valence-electron chi connectivity index (χ0n) is 28.5. The maximum Gasteiger partial charge on any atom is 0.307 e. The minimum atomic E-state index is -0.621. The lowest BCUT2D eigenvalue weighted by Gasteiger charge is -2.71. The van der Waals surface area contributed by atoms with Gasteiger partial charge in [0.25, 0.3) is 5.95 Å². The third-order valence-corrected chi connectivity index (χ3v) is 15.2. The number of ether oxygens (including phenoxy) is 2. The second kappa shape index (κ2) is 10.5. The maximum absolute atomic E-state index is 13.4. The number of carboxylic acid groups (broad SMARTS) is 1. The van der Waals surface area contributed by atoms with Gasteiger partial charge in [-0.05, 0) is 96.6 Å². The van der Waals surface area contributed by atoms with Crippen molar-refractivity contribution < 1.29 is 19.4 Å². The predicted molar refractivity (Wildman–Crippen MR) is 171 cm³/mol. The molecule has 0 radical (unpaired) electrons. The van der Waals surface area contributed by atoms with Crippen LogP contribution in [0.5, 0.6) is 0 Å². The van der Waals surface area contributed by atoms with Crippen LogP contribution < -0.4 is 11.1 Å². The summed E-state index contributed by atoms with van der Waals surface area (Å²) in [6.07, 6.45) is 9.27. The highest BCUT2D eigenvalue weighted by atomic mass is 16.5. The molecular formula is C35H56N6O4. The van der Waals surface area contributed by atoms with Crippen LogP contribution in [0.2, 0.25) is 0 Å². The van der Waals surface area contributed by atoms with Gasteiger partial charge in [0, 0.05) is 17.4 Å². The second-order valence-corrected chi connectivity index (χ2v) is 17.3. The summed E-state index contributed by atoms with van der Waals surface area (Å²) in [6.45, 7) is 19.3. The van der Waals surface area contributed by atoms with E-state index < -0.39 is 11.9 Å². The van der Waals surface area contributed by atoms with Crippen molar-refractivity contribution in [1.82, 2.24) is 25.5 Å². The third-order valence-electron chi connectivity index (χ3n) is 15.2. The van der Waals surface area contributed by atoms with E-state index in [1.165, 1.54) is 5.57 Å². The predicted octanol–water partition coefficient (Wildman–Crippen LogP) is 5.13. The number of tetrazole rings is 1. The minimum Gasteiger partial charge on any atom is -0.481 e. The molecule has 4 N–H and O–H groups in total. The SMILES string of the molecule is CC(C)[C@@H](C)[C@@]1(C)CC[C@]2(C)[C@H]3CC[C@@H]4C5(COC[C@]4(C)[C@@H](OC4CCNC4)[C@H](n4nnc(N)n4)C5)C3=CC[C@@]2(C)[C@@H]1C(=O)O. The van der Waals surface area contributed by atoms with Crippen molar-refractivity contribution in [2.75, 3.05) is 32.0 Å². The van der Waals surface area contributed by atoms with Gasteiger partial charge in [-0.25, -0.2) is 0 Å². The molecule has 4 aliphatic carbocycles. The first-order chi connectivity index (χ1) is 21.2. The van der Waals surface area contributed by atoms with Gasteiger partial charge in [-0.1, -0.05) is 65.2 Å². The fraction of sp³-hybridized carbons (Fsp3) is 0.886. The number of aliphatic carboxylic acids is 1. The van der Waals surface area contributed by atoms with E-state index in [1.54, 1.807) is 4.80 Å². The lowest BCUT2D eigenvalue weighted by Crippen LogP contribution is -2.69. The Labute approximate surface area is 268 Å². The van der Waals surface area contributed by atoms with Crippen molar-refractivity contribution in [3.8, 4) is 0 Å². The van der Waals surface area contributed by atoms with Crippen LogP contribution in [-0.4, -0.2) is 69.8 Å². The van der Waals surface area contributed by atoms with Crippen LogP contribution in [0.15, 0.2) is 11.6 Å². The quantitative estimate of drug-likeness (QED) is 0.368.